The number of carboxylic acid groups (broad SMARTS) is 1. The quantitative estimate of drug-likeness (QED) is 0.0203. The third-order valence-electron chi connectivity index (χ3n) is 12.2. The maximum atomic E-state index is 14.1. The van der Waals surface area contributed by atoms with Crippen molar-refractivity contribution in [3.63, 3.8) is 0 Å². The Labute approximate surface area is 422 Å². The van der Waals surface area contributed by atoms with Crippen molar-refractivity contribution in [1.82, 2.24) is 42.1 Å². The number of nitrogens with one attached hydrogen (secondary N) is 7. The molecule has 0 aromatic heterocycles. The number of rotatable bonds is 32. The molecule has 1 aromatic carbocycles. The van der Waals surface area contributed by atoms with Gasteiger partial charge in [0.25, 0.3) is 0 Å². The zero-order valence-electron chi connectivity index (χ0n) is 42.6. The number of likely N-dealkylation sites (tertiary alicyclic amines) is 1. The number of unbranched alkanes of at least 4 members (excludes halogenated alkanes) is 1. The van der Waals surface area contributed by atoms with E-state index in [1.54, 1.807) is 58.0 Å². The maximum absolute atomic E-state index is 14.1. The lowest BCUT2D eigenvalue weighted by Gasteiger charge is -2.32. The molecule has 1 aromatic rings. The summed E-state index contributed by atoms with van der Waals surface area (Å²) in [4.78, 5) is 126. The van der Waals surface area contributed by atoms with Crippen LogP contribution in [0.25, 0.3) is 0 Å². The van der Waals surface area contributed by atoms with Crippen molar-refractivity contribution >= 4 is 59.2 Å². The SMILES string of the molecule is CC[C@H](C)[C@H](NC(=O)[C@H](CO)NC(=O)CNC(=O)[C@@H](NC(=O)[C@H](Cc1ccccc1)NC(=O)[C@H](CC(C)C)NC(=O)[C@@H](N)CCCN=C(N)N)C(C)C)C(=O)N1CCC[C@H]1C(=O)N[C@@H](CCCCN)C(=O)O. The van der Waals surface area contributed by atoms with E-state index in [1.807, 2.05) is 13.8 Å². The van der Waals surface area contributed by atoms with Gasteiger partial charge in [0.2, 0.25) is 47.3 Å². The molecular formula is C48H81N13O11. The van der Waals surface area contributed by atoms with Gasteiger partial charge in [-0.1, -0.05) is 78.3 Å². The summed E-state index contributed by atoms with van der Waals surface area (Å²) >= 11 is 0. The third kappa shape index (κ3) is 21.1. The van der Waals surface area contributed by atoms with Gasteiger partial charge in [0.15, 0.2) is 5.96 Å². The summed E-state index contributed by atoms with van der Waals surface area (Å²) < 4.78 is 0. The molecule has 8 amide bonds. The van der Waals surface area contributed by atoms with E-state index in [0.29, 0.717) is 44.2 Å². The van der Waals surface area contributed by atoms with Crippen molar-refractivity contribution in [2.75, 3.05) is 32.8 Å². The van der Waals surface area contributed by atoms with Crippen molar-refractivity contribution in [2.24, 2.45) is 45.7 Å². The molecule has 72 heavy (non-hydrogen) atoms. The highest BCUT2D eigenvalue weighted by atomic mass is 16.4. The molecular weight excluding hydrogens is 935 g/mol. The van der Waals surface area contributed by atoms with Crippen LogP contribution in [0.2, 0.25) is 0 Å². The van der Waals surface area contributed by atoms with Gasteiger partial charge in [0.05, 0.1) is 19.2 Å². The van der Waals surface area contributed by atoms with Crippen LogP contribution in [0.1, 0.15) is 105 Å². The highest BCUT2D eigenvalue weighted by Gasteiger charge is 2.41. The zero-order chi connectivity index (χ0) is 54.1. The molecule has 1 aliphatic heterocycles. The van der Waals surface area contributed by atoms with Gasteiger partial charge in [-0.2, -0.15) is 0 Å². The van der Waals surface area contributed by atoms with Gasteiger partial charge in [-0.3, -0.25) is 43.3 Å². The van der Waals surface area contributed by atoms with E-state index in [0.717, 1.165) is 0 Å². The molecule has 0 aliphatic carbocycles. The summed E-state index contributed by atoms with van der Waals surface area (Å²) in [6.45, 7) is 9.72. The first kappa shape index (κ1) is 61.7. The lowest BCUT2D eigenvalue weighted by molar-refractivity contribution is -0.145. The van der Waals surface area contributed by atoms with Gasteiger partial charge in [0, 0.05) is 19.5 Å². The first-order chi connectivity index (χ1) is 34.0. The second kappa shape index (κ2) is 31.8. The number of hydrogen-bond donors (Lipinski definition) is 13. The second-order valence-corrected chi connectivity index (χ2v) is 19.0. The predicted octanol–water partition coefficient (Wildman–Crippen LogP) is -2.42. The fraction of sp³-hybridized carbons (Fsp3) is 0.667. The van der Waals surface area contributed by atoms with Crippen LogP contribution in [0.4, 0.5) is 0 Å². The zero-order valence-corrected chi connectivity index (χ0v) is 42.6. The number of benzene rings is 1. The number of hydrogen-bond acceptors (Lipinski definition) is 13. The fourth-order valence-corrected chi connectivity index (χ4v) is 7.91. The van der Waals surface area contributed by atoms with Crippen molar-refractivity contribution in [2.45, 2.75) is 154 Å². The topological polar surface area (TPSA) is 398 Å². The van der Waals surface area contributed by atoms with Crippen molar-refractivity contribution in [3.05, 3.63) is 35.9 Å². The third-order valence-corrected chi connectivity index (χ3v) is 12.2. The molecule has 0 saturated carbocycles. The molecule has 0 spiro atoms. The number of guanidine groups is 1. The van der Waals surface area contributed by atoms with E-state index < -0.39 is 127 Å². The minimum absolute atomic E-state index is 0.00509. The van der Waals surface area contributed by atoms with Gasteiger partial charge >= 0.3 is 5.97 Å². The highest BCUT2D eigenvalue weighted by Crippen LogP contribution is 2.22. The smallest absolute Gasteiger partial charge is 0.326 e. The van der Waals surface area contributed by atoms with Gasteiger partial charge in [-0.15, -0.1) is 0 Å². The van der Waals surface area contributed by atoms with E-state index in [9.17, 15) is 53.4 Å². The Hall–Kier alpha value is -6.40. The van der Waals surface area contributed by atoms with Gasteiger partial charge in [0.1, 0.15) is 42.3 Å². The number of aliphatic carboxylic acids is 1. The minimum atomic E-state index is -1.57. The Morgan fingerprint density at radius 3 is 1.96 bits per heavy atom. The lowest BCUT2D eigenvalue weighted by Crippen LogP contribution is -2.60. The number of nitrogens with zero attached hydrogens (tertiary/aromatic N) is 2. The lowest BCUT2D eigenvalue weighted by atomic mass is 9.97. The summed E-state index contributed by atoms with van der Waals surface area (Å²) in [7, 11) is 0. The van der Waals surface area contributed by atoms with E-state index >= 15 is 0 Å². The number of nitrogens with two attached hydrogens (primary N) is 4. The van der Waals surface area contributed by atoms with Crippen LogP contribution in [0, 0.1) is 17.8 Å². The van der Waals surface area contributed by atoms with E-state index in [-0.39, 0.29) is 57.1 Å². The Morgan fingerprint density at radius 2 is 1.38 bits per heavy atom. The number of aliphatic hydroxyl groups is 1. The molecule has 0 radical (unpaired) electrons. The molecule has 1 heterocycles. The number of amides is 8. The van der Waals surface area contributed by atoms with Crippen LogP contribution in [-0.2, 0) is 49.6 Å². The average molecular weight is 1020 g/mol. The summed E-state index contributed by atoms with van der Waals surface area (Å²) in [5.74, 6) is -8.19. The average Bonchev–Trinajstić information content (AvgIpc) is 3.83. The fourth-order valence-electron chi connectivity index (χ4n) is 7.91. The van der Waals surface area contributed by atoms with Crippen LogP contribution < -0.4 is 60.2 Å². The van der Waals surface area contributed by atoms with Crippen LogP contribution in [0.3, 0.4) is 0 Å². The molecule has 1 aliphatic rings. The number of carbonyl (C=O) groups excluding carboxylic acids is 8. The Morgan fingerprint density at radius 1 is 0.750 bits per heavy atom. The number of aliphatic imine (C=N–C) groups is 1. The largest absolute Gasteiger partial charge is 0.480 e. The maximum Gasteiger partial charge on any atom is 0.326 e. The summed E-state index contributed by atoms with van der Waals surface area (Å²) in [6.07, 6.45) is 3.18. The highest BCUT2D eigenvalue weighted by molar-refractivity contribution is 5.97. The van der Waals surface area contributed by atoms with Crippen LogP contribution in [0.5, 0.6) is 0 Å². The monoisotopic (exact) mass is 1020 g/mol. The number of carbonyl (C=O) groups is 9. The standard InChI is InChI=1S/C48H81N13O11/c1-7-29(6)39(46(70)61-22-14-19-36(61)44(68)56-32(47(71)72)18-11-12-20-49)60-43(67)35(26-62)55-37(63)25-54-45(69)38(28(4)5)59-42(66)34(24-30-15-9-8-10-16-30)58-41(65)33(23-27(2)3)57-40(64)31(50)17-13-21-53-48(51)52/h8-10,15-16,27-29,31-36,38-39,62H,7,11-14,17-26,49-50H2,1-6H3,(H,54,69)(H,55,63)(H,56,68)(H,57,64)(H,58,65)(H,59,66)(H,60,67)(H,71,72)(H4,51,52,53)/t29-,31-,32-,33-,34-,35-,36-,38-,39-/m0/s1. The molecule has 2 rings (SSSR count). The number of carboxylic acids is 1. The van der Waals surface area contributed by atoms with Crippen molar-refractivity contribution in [3.8, 4) is 0 Å². The van der Waals surface area contributed by atoms with Crippen LogP contribution in [-0.4, -0.2) is 155 Å². The minimum Gasteiger partial charge on any atom is -0.480 e. The molecule has 0 unspecified atom stereocenters. The van der Waals surface area contributed by atoms with E-state index in [1.165, 1.54) is 4.90 Å². The van der Waals surface area contributed by atoms with Gasteiger partial charge < -0.3 is 75.3 Å². The second-order valence-electron chi connectivity index (χ2n) is 19.0. The Kier molecular flexibility index (Phi) is 27.3. The van der Waals surface area contributed by atoms with Gasteiger partial charge in [-0.25, -0.2) is 4.79 Å². The molecule has 17 N–H and O–H groups in total. The summed E-state index contributed by atoms with van der Waals surface area (Å²) in [5.41, 5.74) is 23.1. The predicted molar refractivity (Wildman–Crippen MR) is 269 cm³/mol. The van der Waals surface area contributed by atoms with Gasteiger partial charge in [-0.05, 0) is 81.2 Å². The molecule has 24 nitrogen and oxygen atoms in total. The molecule has 404 valence electrons. The first-order valence-corrected chi connectivity index (χ1v) is 24.8. The Balaban J connectivity index is 2.17. The molecule has 1 saturated heterocycles. The molecule has 24 heteroatoms. The summed E-state index contributed by atoms with van der Waals surface area (Å²) in [5, 5.41) is 38.0. The normalized spacial score (nSPS) is 16.7. The van der Waals surface area contributed by atoms with Crippen LogP contribution >= 0.6 is 0 Å². The van der Waals surface area contributed by atoms with Crippen molar-refractivity contribution < 1.29 is 53.4 Å². The first-order valence-electron chi connectivity index (χ1n) is 24.8. The van der Waals surface area contributed by atoms with Crippen molar-refractivity contribution in [1.29, 1.82) is 0 Å². The van der Waals surface area contributed by atoms with E-state index in [2.05, 4.69) is 42.2 Å². The molecule has 0 bridgehead atoms. The van der Waals surface area contributed by atoms with E-state index in [4.69, 9.17) is 22.9 Å². The number of aliphatic hydroxyl groups excluding tert-OH is 1. The Bertz CT molecular complexity index is 1990. The summed E-state index contributed by atoms with van der Waals surface area (Å²) in [6, 6.07) is -0.645. The molecule has 1 fully saturated rings. The van der Waals surface area contributed by atoms with Crippen LogP contribution in [0.15, 0.2) is 35.3 Å². The molecule has 9 atom stereocenters.